The minimum Gasteiger partial charge on any atom is -0.494 e. The molecule has 2 aromatic carbocycles. The lowest BCUT2D eigenvalue weighted by Crippen LogP contribution is -2.52. The highest BCUT2D eigenvalue weighted by molar-refractivity contribution is 7.89. The number of hydrogen-bond acceptors (Lipinski definition) is 8. The third-order valence-electron chi connectivity index (χ3n) is 5.62. The Labute approximate surface area is 190 Å². The molecule has 0 atom stereocenters. The third kappa shape index (κ3) is 4.19. The summed E-state index contributed by atoms with van der Waals surface area (Å²) in [5.41, 5.74) is -0.602. The fraction of sp³-hybridized carbons (Fsp3) is 0.333. The highest BCUT2D eigenvalue weighted by Crippen LogP contribution is 2.31. The Hall–Kier alpha value is -3.35. The number of piperazine rings is 1. The molecule has 4 rings (SSSR count). The minimum absolute atomic E-state index is 0.00548. The SMILES string of the molecule is CCOc1ccc(S(=O)(=O)N2CCN(CN3C(=O)c4cccc([N+](=O)[O-])c4C3=O)CC2)cc1. The molecular formula is C21H22N4O7S. The molecule has 12 heteroatoms. The van der Waals surface area contributed by atoms with Crippen molar-refractivity contribution in [1.29, 1.82) is 0 Å². The Morgan fingerprint density at radius 2 is 1.67 bits per heavy atom. The van der Waals surface area contributed by atoms with Crippen molar-refractivity contribution in [1.82, 2.24) is 14.1 Å². The van der Waals surface area contributed by atoms with Gasteiger partial charge in [0.15, 0.2) is 0 Å². The van der Waals surface area contributed by atoms with Gasteiger partial charge in [0.05, 0.1) is 28.7 Å². The fourth-order valence-electron chi connectivity index (χ4n) is 3.93. The standard InChI is InChI=1S/C21H22N4O7S/c1-2-32-15-6-8-16(9-7-15)33(30,31)23-12-10-22(11-13-23)14-24-20(26)17-4-3-5-18(25(28)29)19(17)21(24)27/h3-9H,2,10-14H2,1H3. The van der Waals surface area contributed by atoms with Gasteiger partial charge in [-0.05, 0) is 37.3 Å². The van der Waals surface area contributed by atoms with Crippen LogP contribution in [0.3, 0.4) is 0 Å². The van der Waals surface area contributed by atoms with Gasteiger partial charge in [0.25, 0.3) is 17.5 Å². The second kappa shape index (κ2) is 8.89. The molecule has 0 saturated carbocycles. The van der Waals surface area contributed by atoms with Crippen molar-refractivity contribution < 1.29 is 27.7 Å². The van der Waals surface area contributed by atoms with Crippen LogP contribution in [0.15, 0.2) is 47.4 Å². The first kappa shape index (κ1) is 22.8. The van der Waals surface area contributed by atoms with Crippen molar-refractivity contribution in [2.45, 2.75) is 11.8 Å². The topological polar surface area (TPSA) is 130 Å². The van der Waals surface area contributed by atoms with E-state index in [-0.39, 0.29) is 35.8 Å². The van der Waals surface area contributed by atoms with Crippen LogP contribution in [0.2, 0.25) is 0 Å². The van der Waals surface area contributed by atoms with E-state index in [0.717, 1.165) is 4.90 Å². The van der Waals surface area contributed by atoms with Crippen LogP contribution < -0.4 is 4.74 Å². The van der Waals surface area contributed by atoms with Gasteiger partial charge in [0.1, 0.15) is 11.3 Å². The molecule has 0 spiro atoms. The van der Waals surface area contributed by atoms with E-state index in [1.54, 1.807) is 17.0 Å². The fourth-order valence-corrected chi connectivity index (χ4v) is 5.35. The molecule has 1 fully saturated rings. The number of nitrogens with zero attached hydrogens (tertiary/aromatic N) is 4. The van der Waals surface area contributed by atoms with E-state index in [0.29, 0.717) is 25.4 Å². The maximum absolute atomic E-state index is 12.9. The summed E-state index contributed by atoms with van der Waals surface area (Å²) in [5.74, 6) is -0.725. The Morgan fingerprint density at radius 3 is 2.27 bits per heavy atom. The van der Waals surface area contributed by atoms with E-state index >= 15 is 0 Å². The van der Waals surface area contributed by atoms with Crippen LogP contribution in [-0.2, 0) is 10.0 Å². The number of carbonyl (C=O) groups excluding carboxylic acids is 2. The minimum atomic E-state index is -3.70. The van der Waals surface area contributed by atoms with Gasteiger partial charge < -0.3 is 4.74 Å². The van der Waals surface area contributed by atoms with Crippen molar-refractivity contribution in [3.8, 4) is 5.75 Å². The summed E-state index contributed by atoms with van der Waals surface area (Å²) in [6, 6.07) is 10.2. The second-order valence-electron chi connectivity index (χ2n) is 7.56. The van der Waals surface area contributed by atoms with E-state index in [2.05, 4.69) is 0 Å². The molecule has 2 aromatic rings. The predicted molar refractivity (Wildman–Crippen MR) is 116 cm³/mol. The zero-order valence-electron chi connectivity index (χ0n) is 17.8. The predicted octanol–water partition coefficient (Wildman–Crippen LogP) is 1.55. The Balaban J connectivity index is 1.41. The zero-order chi connectivity index (χ0) is 23.8. The molecule has 33 heavy (non-hydrogen) atoms. The first-order chi connectivity index (χ1) is 15.7. The van der Waals surface area contributed by atoms with Crippen molar-refractivity contribution in [2.75, 3.05) is 39.5 Å². The van der Waals surface area contributed by atoms with Crippen molar-refractivity contribution in [3.63, 3.8) is 0 Å². The van der Waals surface area contributed by atoms with Crippen LogP contribution in [0.4, 0.5) is 5.69 Å². The average molecular weight is 474 g/mol. The smallest absolute Gasteiger partial charge is 0.282 e. The molecule has 2 aliphatic heterocycles. The molecule has 0 N–H and O–H groups in total. The summed E-state index contributed by atoms with van der Waals surface area (Å²) in [7, 11) is -3.70. The summed E-state index contributed by atoms with van der Waals surface area (Å²) < 4.78 is 32.6. The molecule has 1 saturated heterocycles. The molecule has 2 heterocycles. The molecule has 0 aliphatic carbocycles. The molecular weight excluding hydrogens is 452 g/mol. The molecule has 0 aromatic heterocycles. The van der Waals surface area contributed by atoms with Crippen LogP contribution in [-0.4, -0.2) is 78.7 Å². The number of fused-ring (bicyclic) bond motifs is 1. The van der Waals surface area contributed by atoms with Gasteiger partial charge in [-0.15, -0.1) is 0 Å². The quantitative estimate of drug-likeness (QED) is 0.336. The number of sulfonamides is 1. The van der Waals surface area contributed by atoms with Gasteiger partial charge in [0.2, 0.25) is 10.0 Å². The normalized spacial score (nSPS) is 17.3. The summed E-state index contributed by atoms with van der Waals surface area (Å²) in [4.78, 5) is 38.9. The summed E-state index contributed by atoms with van der Waals surface area (Å²) in [6.07, 6.45) is 0. The lowest BCUT2D eigenvalue weighted by atomic mass is 10.1. The number of benzene rings is 2. The number of carbonyl (C=O) groups is 2. The zero-order valence-corrected chi connectivity index (χ0v) is 18.7. The van der Waals surface area contributed by atoms with E-state index < -0.39 is 32.4 Å². The first-order valence-electron chi connectivity index (χ1n) is 10.3. The molecule has 0 radical (unpaired) electrons. The van der Waals surface area contributed by atoms with E-state index in [4.69, 9.17) is 4.74 Å². The van der Waals surface area contributed by atoms with Crippen LogP contribution in [0.1, 0.15) is 27.6 Å². The maximum atomic E-state index is 12.9. The lowest BCUT2D eigenvalue weighted by molar-refractivity contribution is -0.385. The summed E-state index contributed by atoms with van der Waals surface area (Å²) in [5, 5.41) is 11.3. The highest BCUT2D eigenvalue weighted by atomic mass is 32.2. The van der Waals surface area contributed by atoms with Crippen LogP contribution in [0.25, 0.3) is 0 Å². The average Bonchev–Trinajstić information content (AvgIpc) is 3.05. The molecule has 0 unspecified atom stereocenters. The number of ether oxygens (including phenoxy) is 1. The second-order valence-corrected chi connectivity index (χ2v) is 9.50. The number of imide groups is 1. The van der Waals surface area contributed by atoms with Crippen LogP contribution >= 0.6 is 0 Å². The highest BCUT2D eigenvalue weighted by Gasteiger charge is 2.42. The van der Waals surface area contributed by atoms with E-state index in [1.165, 1.54) is 34.6 Å². The maximum Gasteiger partial charge on any atom is 0.282 e. The van der Waals surface area contributed by atoms with Crippen molar-refractivity contribution in [3.05, 3.63) is 63.7 Å². The molecule has 0 bridgehead atoms. The number of nitro groups is 1. The van der Waals surface area contributed by atoms with Gasteiger partial charge in [-0.25, -0.2) is 8.42 Å². The Kier molecular flexibility index (Phi) is 6.15. The molecule has 11 nitrogen and oxygen atoms in total. The van der Waals surface area contributed by atoms with Crippen molar-refractivity contribution >= 4 is 27.5 Å². The third-order valence-corrected chi connectivity index (χ3v) is 7.53. The summed E-state index contributed by atoms with van der Waals surface area (Å²) >= 11 is 0. The van der Waals surface area contributed by atoms with Gasteiger partial charge in [-0.3, -0.25) is 29.5 Å². The monoisotopic (exact) mass is 474 g/mol. The van der Waals surface area contributed by atoms with Crippen LogP contribution in [0, 0.1) is 10.1 Å². The number of nitro benzene ring substituents is 1. The van der Waals surface area contributed by atoms with E-state index in [9.17, 15) is 28.1 Å². The number of rotatable bonds is 7. The molecule has 2 aliphatic rings. The van der Waals surface area contributed by atoms with Gasteiger partial charge in [-0.1, -0.05) is 6.07 Å². The Bertz CT molecular complexity index is 1210. The van der Waals surface area contributed by atoms with Gasteiger partial charge in [0, 0.05) is 32.2 Å². The van der Waals surface area contributed by atoms with E-state index in [1.807, 2.05) is 6.92 Å². The molecule has 2 amide bonds. The Morgan fingerprint density at radius 1 is 1.00 bits per heavy atom. The van der Waals surface area contributed by atoms with Crippen molar-refractivity contribution in [2.24, 2.45) is 0 Å². The number of hydrogen-bond donors (Lipinski definition) is 0. The van der Waals surface area contributed by atoms with Gasteiger partial charge >= 0.3 is 0 Å². The van der Waals surface area contributed by atoms with Gasteiger partial charge in [-0.2, -0.15) is 4.31 Å². The first-order valence-corrected chi connectivity index (χ1v) is 11.8. The van der Waals surface area contributed by atoms with Crippen LogP contribution in [0.5, 0.6) is 5.75 Å². The largest absolute Gasteiger partial charge is 0.494 e. The summed E-state index contributed by atoms with van der Waals surface area (Å²) in [6.45, 7) is 3.21. The molecule has 174 valence electrons. The number of amides is 2. The lowest BCUT2D eigenvalue weighted by Gasteiger charge is -2.35.